The molecule has 3 aromatic rings. The Morgan fingerprint density at radius 1 is 1.16 bits per heavy atom. The van der Waals surface area contributed by atoms with E-state index in [1.54, 1.807) is 4.90 Å². The number of nitrogens with zero attached hydrogens (tertiary/aromatic N) is 3. The number of halogens is 2. The number of para-hydroxylation sites is 3. The molecule has 1 unspecified atom stereocenters. The number of hydrogen-bond acceptors (Lipinski definition) is 2. The maximum atomic E-state index is 12.6. The number of carbonyl (C=O) groups excluding carboxylic acids is 1. The van der Waals surface area contributed by atoms with Gasteiger partial charge in [0.1, 0.15) is 5.82 Å². The molecule has 1 aliphatic rings. The summed E-state index contributed by atoms with van der Waals surface area (Å²) in [5.74, 6) is 1.17. The van der Waals surface area contributed by atoms with Crippen LogP contribution in [0.2, 0.25) is 5.02 Å². The Hall–Kier alpha value is -2.04. The highest BCUT2D eigenvalue weighted by atomic mass is 35.5. The summed E-state index contributed by atoms with van der Waals surface area (Å²) in [6.45, 7) is 3.57. The fraction of sp³-hybridized carbons (Fsp3) is 0.263. The van der Waals surface area contributed by atoms with Gasteiger partial charge in [0.15, 0.2) is 0 Å². The molecular formula is C19H19Cl2N3O. The molecule has 0 spiro atoms. The lowest BCUT2D eigenvalue weighted by molar-refractivity contribution is -0.117. The minimum absolute atomic E-state index is 0. The minimum atomic E-state index is 0. The van der Waals surface area contributed by atoms with Crippen molar-refractivity contribution in [2.45, 2.75) is 25.8 Å². The molecule has 4 rings (SSSR count). The van der Waals surface area contributed by atoms with Crippen LogP contribution in [-0.4, -0.2) is 22.0 Å². The molecule has 0 bridgehead atoms. The van der Waals surface area contributed by atoms with Crippen LogP contribution in [0.15, 0.2) is 48.5 Å². The van der Waals surface area contributed by atoms with Gasteiger partial charge in [-0.1, -0.05) is 35.9 Å². The van der Waals surface area contributed by atoms with Gasteiger partial charge in [0, 0.05) is 25.4 Å². The van der Waals surface area contributed by atoms with Crippen molar-refractivity contribution < 1.29 is 4.79 Å². The van der Waals surface area contributed by atoms with Crippen molar-refractivity contribution in [1.82, 2.24) is 9.55 Å². The van der Waals surface area contributed by atoms with E-state index in [0.717, 1.165) is 29.1 Å². The first-order chi connectivity index (χ1) is 11.7. The fourth-order valence-electron chi connectivity index (χ4n) is 3.52. The molecule has 2 heterocycles. The zero-order valence-corrected chi connectivity index (χ0v) is 15.4. The number of benzene rings is 2. The summed E-state index contributed by atoms with van der Waals surface area (Å²) >= 11 is 6.27. The average Bonchev–Trinajstić information content (AvgIpc) is 3.15. The lowest BCUT2D eigenvalue weighted by Crippen LogP contribution is -2.24. The molecule has 130 valence electrons. The topological polar surface area (TPSA) is 38.1 Å². The third-order valence-electron chi connectivity index (χ3n) is 4.63. The molecule has 1 amide bonds. The van der Waals surface area contributed by atoms with Crippen LogP contribution in [0, 0.1) is 0 Å². The molecule has 0 saturated carbocycles. The molecular weight excluding hydrogens is 357 g/mol. The number of hydrogen-bond donors (Lipinski definition) is 0. The number of aryl methyl sites for hydroxylation is 1. The Balaban J connectivity index is 0.00000182. The first-order valence-corrected chi connectivity index (χ1v) is 8.57. The number of carbonyl (C=O) groups is 1. The van der Waals surface area contributed by atoms with Crippen molar-refractivity contribution in [3.05, 3.63) is 59.4 Å². The maximum absolute atomic E-state index is 12.6. The van der Waals surface area contributed by atoms with Gasteiger partial charge in [-0.15, -0.1) is 12.4 Å². The van der Waals surface area contributed by atoms with Crippen LogP contribution >= 0.6 is 24.0 Å². The van der Waals surface area contributed by atoms with Gasteiger partial charge in [0.05, 0.1) is 21.7 Å². The van der Waals surface area contributed by atoms with Gasteiger partial charge in [0.25, 0.3) is 0 Å². The third kappa shape index (κ3) is 3.00. The summed E-state index contributed by atoms with van der Waals surface area (Å²) in [6, 6.07) is 15.6. The highest BCUT2D eigenvalue weighted by Crippen LogP contribution is 2.35. The zero-order valence-electron chi connectivity index (χ0n) is 13.9. The van der Waals surface area contributed by atoms with Crippen LogP contribution in [0.4, 0.5) is 5.69 Å². The number of amides is 1. The SMILES string of the molecule is CCn1c(C2CC(=O)N(c3ccccc3Cl)C2)nc2ccccc21.Cl. The molecule has 4 nitrogen and oxygen atoms in total. The quantitative estimate of drug-likeness (QED) is 0.667. The first-order valence-electron chi connectivity index (χ1n) is 8.19. The van der Waals surface area contributed by atoms with Crippen molar-refractivity contribution in [3.63, 3.8) is 0 Å². The molecule has 0 aliphatic carbocycles. The van der Waals surface area contributed by atoms with E-state index in [-0.39, 0.29) is 24.2 Å². The lowest BCUT2D eigenvalue weighted by Gasteiger charge is -2.18. The van der Waals surface area contributed by atoms with Gasteiger partial charge in [-0.05, 0) is 31.2 Å². The Morgan fingerprint density at radius 2 is 1.88 bits per heavy atom. The fourth-order valence-corrected chi connectivity index (χ4v) is 3.76. The summed E-state index contributed by atoms with van der Waals surface area (Å²) < 4.78 is 2.21. The number of anilines is 1. The predicted octanol–water partition coefficient (Wildman–Crippen LogP) is 4.65. The van der Waals surface area contributed by atoms with E-state index in [9.17, 15) is 4.79 Å². The molecule has 2 aromatic carbocycles. The molecule has 1 atom stereocenters. The van der Waals surface area contributed by atoms with E-state index < -0.39 is 0 Å². The number of aromatic nitrogens is 2. The largest absolute Gasteiger partial charge is 0.328 e. The zero-order chi connectivity index (χ0) is 16.7. The smallest absolute Gasteiger partial charge is 0.227 e. The monoisotopic (exact) mass is 375 g/mol. The van der Waals surface area contributed by atoms with Crippen molar-refractivity contribution in [1.29, 1.82) is 0 Å². The Morgan fingerprint density at radius 3 is 2.64 bits per heavy atom. The van der Waals surface area contributed by atoms with Gasteiger partial charge in [0.2, 0.25) is 5.91 Å². The highest BCUT2D eigenvalue weighted by molar-refractivity contribution is 6.33. The molecule has 25 heavy (non-hydrogen) atoms. The summed E-state index contributed by atoms with van der Waals surface area (Å²) in [6.07, 6.45) is 0.467. The molecule has 0 radical (unpaired) electrons. The van der Waals surface area contributed by atoms with Crippen LogP contribution in [0.3, 0.4) is 0 Å². The van der Waals surface area contributed by atoms with Gasteiger partial charge in [-0.3, -0.25) is 4.79 Å². The van der Waals surface area contributed by atoms with Crippen LogP contribution in [0.5, 0.6) is 0 Å². The third-order valence-corrected chi connectivity index (χ3v) is 4.95. The van der Waals surface area contributed by atoms with Crippen molar-refractivity contribution in [2.24, 2.45) is 0 Å². The molecule has 1 aliphatic heterocycles. The van der Waals surface area contributed by atoms with Gasteiger partial charge >= 0.3 is 0 Å². The molecule has 6 heteroatoms. The van der Waals surface area contributed by atoms with Crippen LogP contribution in [-0.2, 0) is 11.3 Å². The van der Waals surface area contributed by atoms with Gasteiger partial charge in [-0.25, -0.2) is 4.98 Å². The minimum Gasteiger partial charge on any atom is -0.328 e. The van der Waals surface area contributed by atoms with Crippen LogP contribution in [0.1, 0.15) is 25.1 Å². The van der Waals surface area contributed by atoms with Crippen molar-refractivity contribution >= 4 is 46.6 Å². The van der Waals surface area contributed by atoms with E-state index in [2.05, 4.69) is 17.6 Å². The summed E-state index contributed by atoms with van der Waals surface area (Å²) in [5, 5.41) is 0.607. The van der Waals surface area contributed by atoms with Gasteiger partial charge in [-0.2, -0.15) is 0 Å². The van der Waals surface area contributed by atoms with E-state index >= 15 is 0 Å². The summed E-state index contributed by atoms with van der Waals surface area (Å²) in [5.41, 5.74) is 2.89. The Kier molecular flexibility index (Phi) is 5.02. The molecule has 1 saturated heterocycles. The van der Waals surface area contributed by atoms with E-state index in [1.165, 1.54) is 0 Å². The summed E-state index contributed by atoms with van der Waals surface area (Å²) in [4.78, 5) is 19.1. The second-order valence-corrected chi connectivity index (χ2v) is 6.47. The van der Waals surface area contributed by atoms with Crippen LogP contribution in [0.25, 0.3) is 11.0 Å². The van der Waals surface area contributed by atoms with Crippen molar-refractivity contribution in [2.75, 3.05) is 11.4 Å². The summed E-state index contributed by atoms with van der Waals surface area (Å²) in [7, 11) is 0. The van der Waals surface area contributed by atoms with E-state index in [1.807, 2.05) is 42.5 Å². The molecule has 1 fully saturated rings. The second kappa shape index (κ2) is 7.06. The second-order valence-electron chi connectivity index (χ2n) is 6.06. The standard InChI is InChI=1S/C19H18ClN3O.ClH/c1-2-22-17-10-6-4-8-15(17)21-19(22)13-11-18(24)23(12-13)16-9-5-3-7-14(16)20;/h3-10,13H,2,11-12H2,1H3;1H. The molecule has 1 aromatic heterocycles. The van der Waals surface area contributed by atoms with Gasteiger partial charge < -0.3 is 9.47 Å². The Labute approximate surface area is 157 Å². The highest BCUT2D eigenvalue weighted by Gasteiger charge is 2.35. The predicted molar refractivity (Wildman–Crippen MR) is 104 cm³/mol. The number of fused-ring (bicyclic) bond motifs is 1. The van der Waals surface area contributed by atoms with E-state index in [0.29, 0.717) is 18.0 Å². The number of imidazole rings is 1. The Bertz CT molecular complexity index is 922. The maximum Gasteiger partial charge on any atom is 0.227 e. The van der Waals surface area contributed by atoms with Crippen molar-refractivity contribution in [3.8, 4) is 0 Å². The number of rotatable bonds is 3. The normalized spacial score (nSPS) is 17.1. The molecule has 0 N–H and O–H groups in total. The lowest BCUT2D eigenvalue weighted by atomic mass is 10.1. The first kappa shape index (κ1) is 17.8. The van der Waals surface area contributed by atoms with E-state index in [4.69, 9.17) is 16.6 Å². The van der Waals surface area contributed by atoms with Crippen LogP contribution < -0.4 is 4.90 Å². The average molecular weight is 376 g/mol.